The van der Waals surface area contributed by atoms with Gasteiger partial charge < -0.3 is 9.05 Å². The Kier molecular flexibility index (Phi) is 8.10. The van der Waals surface area contributed by atoms with E-state index in [9.17, 15) is 9.36 Å². The summed E-state index contributed by atoms with van der Waals surface area (Å²) in [7, 11) is -3.37. The Morgan fingerprint density at radius 2 is 1.72 bits per heavy atom. The molecular weight excluding hydrogens is 253 g/mol. The average Bonchev–Trinajstić information content (AvgIpc) is 2.13. The molecule has 0 atom stereocenters. The van der Waals surface area contributed by atoms with E-state index in [-0.39, 0.29) is 30.6 Å². The first kappa shape index (κ1) is 17.3. The molecule has 0 rings (SSSR count). The normalized spacial score (nSPS) is 11.8. The summed E-state index contributed by atoms with van der Waals surface area (Å²) in [4.78, 5) is 11.7. The summed E-state index contributed by atoms with van der Waals surface area (Å²) in [5, 5.41) is 8.38. The van der Waals surface area contributed by atoms with E-state index in [1.54, 1.807) is 27.7 Å². The molecule has 0 spiro atoms. The number of rotatable bonds is 9. The van der Waals surface area contributed by atoms with Crippen LogP contribution in [0.5, 0.6) is 0 Å². The Hall–Kier alpha value is -0.690. The van der Waals surface area contributed by atoms with Crippen molar-refractivity contribution in [1.82, 2.24) is 0 Å². The van der Waals surface area contributed by atoms with Crippen LogP contribution in [-0.2, 0) is 18.4 Å². The van der Waals surface area contributed by atoms with Crippen molar-refractivity contribution in [3.05, 3.63) is 0 Å². The van der Waals surface area contributed by atoms with E-state index in [4.69, 9.17) is 14.3 Å². The van der Waals surface area contributed by atoms with Crippen LogP contribution in [0.15, 0.2) is 0 Å². The molecule has 0 heterocycles. The fourth-order valence-electron chi connectivity index (χ4n) is 1.40. The standard InChI is InChI=1S/C12H22NO4P/c1-10(2)16-18(15,17-11(3)4)9-12(14)7-5-6-8-13/h10-11H,5-7,9H2,1-4H3. The lowest BCUT2D eigenvalue weighted by Crippen LogP contribution is -2.15. The molecule has 0 amide bonds. The number of hydrogen-bond acceptors (Lipinski definition) is 5. The van der Waals surface area contributed by atoms with Gasteiger partial charge in [-0.3, -0.25) is 9.36 Å². The summed E-state index contributed by atoms with van der Waals surface area (Å²) >= 11 is 0. The summed E-state index contributed by atoms with van der Waals surface area (Å²) in [6.45, 7) is 6.99. The zero-order chi connectivity index (χ0) is 14.2. The number of unbranched alkanes of at least 4 members (excludes halogenated alkanes) is 1. The van der Waals surface area contributed by atoms with E-state index >= 15 is 0 Å². The number of carbonyl (C=O) groups excluding carboxylic acids is 1. The van der Waals surface area contributed by atoms with E-state index in [0.717, 1.165) is 0 Å². The zero-order valence-corrected chi connectivity index (χ0v) is 12.4. The van der Waals surface area contributed by atoms with Crippen molar-refractivity contribution in [3.63, 3.8) is 0 Å². The summed E-state index contributed by atoms with van der Waals surface area (Å²) in [6.07, 6.45) is 0.308. The molecule has 0 radical (unpaired) electrons. The topological polar surface area (TPSA) is 76.4 Å². The van der Waals surface area contributed by atoms with Crippen molar-refractivity contribution in [2.45, 2.75) is 59.2 Å². The first-order chi connectivity index (χ1) is 8.29. The van der Waals surface area contributed by atoms with Crippen LogP contribution in [0.1, 0.15) is 47.0 Å². The lowest BCUT2D eigenvalue weighted by Gasteiger charge is -2.22. The van der Waals surface area contributed by atoms with Crippen LogP contribution >= 0.6 is 7.60 Å². The average molecular weight is 275 g/mol. The molecule has 0 N–H and O–H groups in total. The third-order valence-electron chi connectivity index (χ3n) is 1.86. The number of nitrogens with zero attached hydrogens (tertiary/aromatic N) is 1. The SMILES string of the molecule is CC(C)OP(=O)(CC(=O)CCCC#N)OC(C)C. The van der Waals surface area contributed by atoms with E-state index in [1.165, 1.54) is 0 Å². The van der Waals surface area contributed by atoms with Crippen molar-refractivity contribution in [2.24, 2.45) is 0 Å². The van der Waals surface area contributed by atoms with Gasteiger partial charge in [0.2, 0.25) is 0 Å². The maximum atomic E-state index is 12.3. The molecule has 6 heteroatoms. The second-order valence-electron chi connectivity index (χ2n) is 4.63. The van der Waals surface area contributed by atoms with Gasteiger partial charge in [-0.1, -0.05) is 0 Å². The zero-order valence-electron chi connectivity index (χ0n) is 11.5. The maximum Gasteiger partial charge on any atom is 0.338 e. The van der Waals surface area contributed by atoms with Crippen molar-refractivity contribution in [2.75, 3.05) is 6.16 Å². The largest absolute Gasteiger partial charge is 0.338 e. The van der Waals surface area contributed by atoms with Crippen LogP contribution in [0.25, 0.3) is 0 Å². The summed E-state index contributed by atoms with van der Waals surface area (Å²) in [5.74, 6) is -0.185. The summed E-state index contributed by atoms with van der Waals surface area (Å²) in [6, 6.07) is 1.97. The number of nitriles is 1. The first-order valence-corrected chi connectivity index (χ1v) is 7.86. The second-order valence-corrected chi connectivity index (χ2v) is 6.59. The Bertz CT molecular complexity index is 332. The quantitative estimate of drug-likeness (QED) is 0.476. The molecule has 0 aromatic carbocycles. The molecule has 0 bridgehead atoms. The number of carbonyl (C=O) groups is 1. The van der Waals surface area contributed by atoms with Crippen LogP contribution in [0.3, 0.4) is 0 Å². The molecule has 104 valence electrons. The van der Waals surface area contributed by atoms with Crippen LogP contribution in [-0.4, -0.2) is 24.2 Å². The smallest absolute Gasteiger partial charge is 0.306 e. The van der Waals surface area contributed by atoms with Gasteiger partial charge in [0.1, 0.15) is 11.9 Å². The predicted octanol–water partition coefficient (Wildman–Crippen LogP) is 3.29. The van der Waals surface area contributed by atoms with Gasteiger partial charge in [-0.2, -0.15) is 5.26 Å². The van der Waals surface area contributed by atoms with Crippen molar-refractivity contribution < 1.29 is 18.4 Å². The van der Waals surface area contributed by atoms with Crippen LogP contribution in [0.4, 0.5) is 0 Å². The molecular formula is C12H22NO4P. The third-order valence-corrected chi connectivity index (χ3v) is 4.08. The van der Waals surface area contributed by atoms with Gasteiger partial charge in [-0.25, -0.2) is 0 Å². The molecule has 5 nitrogen and oxygen atoms in total. The van der Waals surface area contributed by atoms with Crippen LogP contribution < -0.4 is 0 Å². The molecule has 0 aromatic heterocycles. The summed E-state index contributed by atoms with van der Waals surface area (Å²) in [5.41, 5.74) is 0. The second kappa shape index (κ2) is 8.42. The Balaban J connectivity index is 4.45. The van der Waals surface area contributed by atoms with E-state index < -0.39 is 7.60 Å². The van der Waals surface area contributed by atoms with E-state index in [1.807, 2.05) is 6.07 Å². The summed E-state index contributed by atoms with van der Waals surface area (Å²) < 4.78 is 22.9. The van der Waals surface area contributed by atoms with E-state index in [2.05, 4.69) is 0 Å². The van der Waals surface area contributed by atoms with Crippen molar-refractivity contribution >= 4 is 13.4 Å². The molecule has 0 aliphatic heterocycles. The fourth-order valence-corrected chi connectivity index (χ4v) is 3.48. The predicted molar refractivity (Wildman–Crippen MR) is 69.4 cm³/mol. The minimum Gasteiger partial charge on any atom is -0.306 e. The van der Waals surface area contributed by atoms with Gasteiger partial charge in [0, 0.05) is 12.8 Å². The van der Waals surface area contributed by atoms with Gasteiger partial charge in [0.15, 0.2) is 0 Å². The van der Waals surface area contributed by atoms with E-state index in [0.29, 0.717) is 12.8 Å². The minimum atomic E-state index is -3.37. The molecule has 0 aromatic rings. The van der Waals surface area contributed by atoms with Gasteiger partial charge in [-0.15, -0.1) is 0 Å². The highest BCUT2D eigenvalue weighted by atomic mass is 31.2. The fraction of sp³-hybridized carbons (Fsp3) is 0.833. The maximum absolute atomic E-state index is 12.3. The highest BCUT2D eigenvalue weighted by Gasteiger charge is 2.30. The molecule has 0 aliphatic rings. The molecule has 0 aliphatic carbocycles. The van der Waals surface area contributed by atoms with Crippen LogP contribution in [0, 0.1) is 11.3 Å². The van der Waals surface area contributed by atoms with Gasteiger partial charge in [-0.05, 0) is 34.1 Å². The molecule has 18 heavy (non-hydrogen) atoms. The lowest BCUT2D eigenvalue weighted by molar-refractivity contribution is -0.117. The lowest BCUT2D eigenvalue weighted by atomic mass is 10.2. The van der Waals surface area contributed by atoms with Crippen molar-refractivity contribution in [3.8, 4) is 6.07 Å². The monoisotopic (exact) mass is 275 g/mol. The van der Waals surface area contributed by atoms with Crippen molar-refractivity contribution in [1.29, 1.82) is 5.26 Å². The highest BCUT2D eigenvalue weighted by molar-refractivity contribution is 7.54. The minimum absolute atomic E-state index is 0.185. The van der Waals surface area contributed by atoms with Gasteiger partial charge in [0.25, 0.3) is 0 Å². The van der Waals surface area contributed by atoms with Gasteiger partial charge >= 0.3 is 7.60 Å². The number of hydrogen-bond donors (Lipinski definition) is 0. The Morgan fingerprint density at radius 1 is 1.22 bits per heavy atom. The highest BCUT2D eigenvalue weighted by Crippen LogP contribution is 2.50. The number of Topliss-reactive ketones (excluding diaryl/α,β-unsaturated/α-hetero) is 1. The first-order valence-electron chi connectivity index (χ1n) is 6.13. The molecule has 0 fully saturated rings. The Labute approximate surface area is 109 Å². The molecule has 0 unspecified atom stereocenters. The van der Waals surface area contributed by atoms with Gasteiger partial charge in [0.05, 0.1) is 18.3 Å². The van der Waals surface area contributed by atoms with Crippen LogP contribution in [0.2, 0.25) is 0 Å². The Morgan fingerprint density at radius 3 is 2.11 bits per heavy atom. The molecule has 0 saturated carbocycles. The third kappa shape index (κ3) is 8.41. The molecule has 0 saturated heterocycles. The number of ketones is 1.